The molecule has 0 spiro atoms. The van der Waals surface area contributed by atoms with E-state index in [1.165, 1.54) is 0 Å². The average molecular weight is 267 g/mol. The first-order valence-electron chi connectivity index (χ1n) is 4.65. The number of halogens is 1. The zero-order valence-electron chi connectivity index (χ0n) is 8.27. The van der Waals surface area contributed by atoms with E-state index in [0.29, 0.717) is 5.76 Å². The second-order valence-corrected chi connectivity index (χ2v) is 4.33. The molecule has 0 fully saturated rings. The molecule has 1 aromatic heterocycles. The Kier molecular flexibility index (Phi) is 2.88. The Balaban J connectivity index is 2.37. The molecular formula is C11H11BrN2O. The highest BCUT2D eigenvalue weighted by molar-refractivity contribution is 9.10. The van der Waals surface area contributed by atoms with Crippen LogP contribution in [0.25, 0.3) is 11.3 Å². The fraction of sp³-hybridized carbons (Fsp3) is 0.182. The highest BCUT2D eigenvalue weighted by atomic mass is 79.9. The SMILES string of the molecule is CC(N)c1cc(-c2cccc(Br)c2)no1. The Labute approximate surface area is 96.4 Å². The summed E-state index contributed by atoms with van der Waals surface area (Å²) in [5.74, 6) is 0.699. The van der Waals surface area contributed by atoms with Gasteiger partial charge in [-0.05, 0) is 19.1 Å². The fourth-order valence-electron chi connectivity index (χ4n) is 1.29. The number of benzene rings is 1. The zero-order valence-corrected chi connectivity index (χ0v) is 9.86. The predicted molar refractivity (Wildman–Crippen MR) is 62.2 cm³/mol. The minimum atomic E-state index is -0.126. The van der Waals surface area contributed by atoms with Crippen molar-refractivity contribution in [3.05, 3.63) is 40.6 Å². The Morgan fingerprint density at radius 1 is 1.40 bits per heavy atom. The van der Waals surface area contributed by atoms with Gasteiger partial charge in [-0.1, -0.05) is 33.2 Å². The monoisotopic (exact) mass is 266 g/mol. The summed E-state index contributed by atoms with van der Waals surface area (Å²) in [7, 11) is 0. The minimum Gasteiger partial charge on any atom is -0.359 e. The van der Waals surface area contributed by atoms with Crippen molar-refractivity contribution in [3.63, 3.8) is 0 Å². The molecule has 2 N–H and O–H groups in total. The third kappa shape index (κ3) is 2.27. The molecule has 0 aliphatic heterocycles. The van der Waals surface area contributed by atoms with Crippen LogP contribution in [-0.4, -0.2) is 5.16 Å². The Morgan fingerprint density at radius 2 is 2.20 bits per heavy atom. The lowest BCUT2D eigenvalue weighted by Crippen LogP contribution is -2.02. The third-order valence-electron chi connectivity index (χ3n) is 2.10. The van der Waals surface area contributed by atoms with Crippen LogP contribution >= 0.6 is 15.9 Å². The summed E-state index contributed by atoms with van der Waals surface area (Å²) in [5, 5.41) is 3.97. The van der Waals surface area contributed by atoms with E-state index < -0.39 is 0 Å². The van der Waals surface area contributed by atoms with E-state index in [9.17, 15) is 0 Å². The summed E-state index contributed by atoms with van der Waals surface area (Å²) < 4.78 is 6.15. The third-order valence-corrected chi connectivity index (χ3v) is 2.59. The summed E-state index contributed by atoms with van der Waals surface area (Å²) >= 11 is 3.41. The molecule has 2 aromatic rings. The van der Waals surface area contributed by atoms with Crippen LogP contribution in [0.4, 0.5) is 0 Å². The number of nitrogens with zero attached hydrogens (tertiary/aromatic N) is 1. The summed E-state index contributed by atoms with van der Waals surface area (Å²) in [6, 6.07) is 9.64. The molecule has 1 unspecified atom stereocenters. The van der Waals surface area contributed by atoms with Gasteiger partial charge in [0.2, 0.25) is 0 Å². The Bertz CT molecular complexity index is 465. The van der Waals surface area contributed by atoms with Crippen molar-refractivity contribution in [1.82, 2.24) is 5.16 Å². The van der Waals surface area contributed by atoms with Gasteiger partial charge in [-0.3, -0.25) is 0 Å². The predicted octanol–water partition coefficient (Wildman–Crippen LogP) is 3.12. The quantitative estimate of drug-likeness (QED) is 0.909. The number of hydrogen-bond acceptors (Lipinski definition) is 3. The van der Waals surface area contributed by atoms with E-state index in [1.807, 2.05) is 37.3 Å². The maximum atomic E-state index is 5.69. The maximum absolute atomic E-state index is 5.69. The molecule has 4 heteroatoms. The van der Waals surface area contributed by atoms with Crippen LogP contribution in [0.5, 0.6) is 0 Å². The highest BCUT2D eigenvalue weighted by Gasteiger charge is 2.09. The van der Waals surface area contributed by atoms with Gasteiger partial charge in [0.1, 0.15) is 5.69 Å². The molecule has 3 nitrogen and oxygen atoms in total. The van der Waals surface area contributed by atoms with Crippen LogP contribution in [0.2, 0.25) is 0 Å². The standard InChI is InChI=1S/C11H11BrN2O/c1-7(13)11-6-10(14-15-11)8-3-2-4-9(12)5-8/h2-7H,13H2,1H3. The Hall–Kier alpha value is -1.13. The molecule has 78 valence electrons. The summed E-state index contributed by atoms with van der Waals surface area (Å²) in [4.78, 5) is 0. The van der Waals surface area contributed by atoms with Crippen LogP contribution in [0.1, 0.15) is 18.7 Å². The smallest absolute Gasteiger partial charge is 0.153 e. The number of rotatable bonds is 2. The number of hydrogen-bond donors (Lipinski definition) is 1. The van der Waals surface area contributed by atoms with Crippen molar-refractivity contribution >= 4 is 15.9 Å². The summed E-state index contributed by atoms with van der Waals surface area (Å²) in [5.41, 5.74) is 7.51. The van der Waals surface area contributed by atoms with Gasteiger partial charge in [0, 0.05) is 16.1 Å². The molecule has 0 bridgehead atoms. The van der Waals surface area contributed by atoms with Gasteiger partial charge in [0.25, 0.3) is 0 Å². The molecule has 1 aromatic carbocycles. The molecule has 0 aliphatic carbocycles. The molecule has 1 heterocycles. The highest BCUT2D eigenvalue weighted by Crippen LogP contribution is 2.24. The Morgan fingerprint density at radius 3 is 2.80 bits per heavy atom. The number of nitrogens with two attached hydrogens (primary N) is 1. The molecular weight excluding hydrogens is 256 g/mol. The van der Waals surface area contributed by atoms with Crippen LogP contribution < -0.4 is 5.73 Å². The van der Waals surface area contributed by atoms with Crippen molar-refractivity contribution in [1.29, 1.82) is 0 Å². The van der Waals surface area contributed by atoms with E-state index in [-0.39, 0.29) is 6.04 Å². The minimum absolute atomic E-state index is 0.126. The molecule has 15 heavy (non-hydrogen) atoms. The van der Waals surface area contributed by atoms with Crippen molar-refractivity contribution in [2.24, 2.45) is 5.73 Å². The van der Waals surface area contributed by atoms with Gasteiger partial charge in [0.15, 0.2) is 5.76 Å². The van der Waals surface area contributed by atoms with Gasteiger partial charge in [-0.2, -0.15) is 0 Å². The zero-order chi connectivity index (χ0) is 10.8. The van der Waals surface area contributed by atoms with Gasteiger partial charge in [0.05, 0.1) is 6.04 Å². The van der Waals surface area contributed by atoms with Gasteiger partial charge >= 0.3 is 0 Å². The first kappa shape index (κ1) is 10.4. The largest absolute Gasteiger partial charge is 0.359 e. The van der Waals surface area contributed by atoms with Gasteiger partial charge in [-0.15, -0.1) is 0 Å². The van der Waals surface area contributed by atoms with E-state index in [4.69, 9.17) is 10.3 Å². The maximum Gasteiger partial charge on any atom is 0.153 e. The number of aromatic nitrogens is 1. The van der Waals surface area contributed by atoms with Gasteiger partial charge < -0.3 is 10.3 Å². The van der Waals surface area contributed by atoms with E-state index in [1.54, 1.807) is 0 Å². The van der Waals surface area contributed by atoms with Gasteiger partial charge in [-0.25, -0.2) is 0 Å². The normalized spacial score (nSPS) is 12.7. The average Bonchev–Trinajstić information content (AvgIpc) is 2.66. The van der Waals surface area contributed by atoms with Crippen LogP contribution in [0, 0.1) is 0 Å². The summed E-state index contributed by atoms with van der Waals surface area (Å²) in [6.07, 6.45) is 0. The molecule has 0 aliphatic rings. The molecule has 0 saturated carbocycles. The first-order chi connectivity index (χ1) is 7.16. The van der Waals surface area contributed by atoms with Crippen LogP contribution in [0.3, 0.4) is 0 Å². The van der Waals surface area contributed by atoms with Crippen LogP contribution in [0.15, 0.2) is 39.3 Å². The molecule has 0 saturated heterocycles. The lowest BCUT2D eigenvalue weighted by atomic mass is 10.1. The van der Waals surface area contributed by atoms with E-state index >= 15 is 0 Å². The first-order valence-corrected chi connectivity index (χ1v) is 5.44. The molecule has 1 atom stereocenters. The second kappa shape index (κ2) is 4.16. The van der Waals surface area contributed by atoms with Crippen LogP contribution in [-0.2, 0) is 0 Å². The van der Waals surface area contributed by atoms with Crippen molar-refractivity contribution in [2.45, 2.75) is 13.0 Å². The molecule has 0 amide bonds. The van der Waals surface area contributed by atoms with Crippen molar-refractivity contribution in [3.8, 4) is 11.3 Å². The molecule has 0 radical (unpaired) electrons. The lowest BCUT2D eigenvalue weighted by Gasteiger charge is -1.96. The fourth-order valence-corrected chi connectivity index (χ4v) is 1.69. The molecule has 2 rings (SSSR count). The van der Waals surface area contributed by atoms with Crippen molar-refractivity contribution in [2.75, 3.05) is 0 Å². The van der Waals surface area contributed by atoms with E-state index in [0.717, 1.165) is 15.7 Å². The van der Waals surface area contributed by atoms with Crippen molar-refractivity contribution < 1.29 is 4.52 Å². The summed E-state index contributed by atoms with van der Waals surface area (Å²) in [6.45, 7) is 1.87. The topological polar surface area (TPSA) is 52.0 Å². The lowest BCUT2D eigenvalue weighted by molar-refractivity contribution is 0.369. The second-order valence-electron chi connectivity index (χ2n) is 3.41. The van der Waals surface area contributed by atoms with E-state index in [2.05, 4.69) is 21.1 Å².